The molecule has 1 aromatic heterocycles. The Morgan fingerprint density at radius 1 is 0.955 bits per heavy atom. The van der Waals surface area contributed by atoms with E-state index in [9.17, 15) is 9.90 Å². The van der Waals surface area contributed by atoms with Gasteiger partial charge in [0.15, 0.2) is 0 Å². The topological polar surface area (TPSA) is 58.0 Å². The van der Waals surface area contributed by atoms with E-state index < -0.39 is 0 Å². The third-order valence-electron chi connectivity index (χ3n) is 3.78. The third-order valence-corrected chi connectivity index (χ3v) is 4.14. The molecule has 0 radical (unpaired) electrons. The van der Waals surface area contributed by atoms with Crippen molar-refractivity contribution < 1.29 is 5.11 Å². The smallest absolute Gasteiger partial charge is 0.331 e. The molecule has 0 bridgehead atoms. The number of hydrogen-bond acceptors (Lipinski definition) is 2. The zero-order valence-corrected chi connectivity index (χ0v) is 12.1. The zero-order chi connectivity index (χ0) is 15.3. The van der Waals surface area contributed by atoms with Gasteiger partial charge in [-0.1, -0.05) is 54.1 Å². The van der Waals surface area contributed by atoms with Crippen molar-refractivity contribution in [1.29, 1.82) is 0 Å². The number of fused-ring (bicyclic) bond motifs is 3. The number of rotatable bonds is 1. The second-order valence-corrected chi connectivity index (χ2v) is 5.41. The molecule has 2 N–H and O–H groups in total. The number of aromatic amines is 1. The first-order chi connectivity index (χ1) is 10.7. The van der Waals surface area contributed by atoms with Gasteiger partial charge in [0, 0.05) is 10.8 Å². The van der Waals surface area contributed by atoms with E-state index in [-0.39, 0.29) is 16.5 Å². The van der Waals surface area contributed by atoms with Gasteiger partial charge in [-0.25, -0.2) is 4.79 Å². The number of hydrogen-bond donors (Lipinski definition) is 2. The number of phenols is 1. The molecule has 0 aliphatic carbocycles. The fraction of sp³-hybridized carbons (Fsp3) is 0. The van der Waals surface area contributed by atoms with Crippen molar-refractivity contribution >= 4 is 33.4 Å². The molecule has 0 fully saturated rings. The summed E-state index contributed by atoms with van der Waals surface area (Å²) >= 11 is 6.34. The lowest BCUT2D eigenvalue weighted by Gasteiger charge is -2.08. The van der Waals surface area contributed by atoms with E-state index in [0.717, 1.165) is 5.39 Å². The van der Waals surface area contributed by atoms with Crippen molar-refractivity contribution in [3.63, 3.8) is 0 Å². The fourth-order valence-electron chi connectivity index (χ4n) is 2.80. The summed E-state index contributed by atoms with van der Waals surface area (Å²) in [5, 5.41) is 11.9. The molecule has 4 aromatic rings. The highest BCUT2D eigenvalue weighted by Gasteiger charge is 2.19. The van der Waals surface area contributed by atoms with E-state index in [1.807, 2.05) is 48.5 Å². The van der Waals surface area contributed by atoms with Crippen LogP contribution >= 0.6 is 11.6 Å². The Hall–Kier alpha value is -2.72. The van der Waals surface area contributed by atoms with Crippen molar-refractivity contribution in [2.75, 3.05) is 0 Å². The monoisotopic (exact) mass is 310 g/mol. The molecule has 22 heavy (non-hydrogen) atoms. The van der Waals surface area contributed by atoms with E-state index in [1.54, 1.807) is 6.07 Å². The van der Waals surface area contributed by atoms with Crippen LogP contribution in [0.25, 0.3) is 27.5 Å². The number of para-hydroxylation sites is 1. The molecule has 0 aliphatic rings. The van der Waals surface area contributed by atoms with Gasteiger partial charge in [-0.15, -0.1) is 0 Å². The van der Waals surface area contributed by atoms with Gasteiger partial charge in [0.2, 0.25) is 0 Å². The molecule has 1 heterocycles. The lowest BCUT2D eigenvalue weighted by atomic mass is 10.1. The van der Waals surface area contributed by atoms with Gasteiger partial charge in [-0.05, 0) is 12.1 Å². The molecule has 0 atom stereocenters. The maximum atomic E-state index is 12.4. The van der Waals surface area contributed by atoms with Crippen LogP contribution in [0.2, 0.25) is 5.02 Å². The molecule has 108 valence electrons. The first-order valence-corrected chi connectivity index (χ1v) is 7.15. The number of halogens is 1. The Labute approximate surface area is 130 Å². The molecule has 5 heteroatoms. The summed E-state index contributed by atoms with van der Waals surface area (Å²) in [5.74, 6) is -0.0200. The molecule has 0 saturated heterocycles. The Bertz CT molecular complexity index is 1060. The van der Waals surface area contributed by atoms with Gasteiger partial charge in [0.05, 0.1) is 16.7 Å². The Kier molecular flexibility index (Phi) is 2.74. The molecule has 0 amide bonds. The largest absolute Gasteiger partial charge is 0.506 e. The van der Waals surface area contributed by atoms with Gasteiger partial charge < -0.3 is 10.1 Å². The van der Waals surface area contributed by atoms with Crippen LogP contribution in [0, 0.1) is 0 Å². The zero-order valence-electron chi connectivity index (χ0n) is 11.4. The molecular weight excluding hydrogens is 300 g/mol. The number of H-pyrrole nitrogens is 1. The van der Waals surface area contributed by atoms with Crippen LogP contribution in [0.15, 0.2) is 59.4 Å². The normalized spacial score (nSPS) is 11.3. The summed E-state index contributed by atoms with van der Waals surface area (Å²) in [6.07, 6.45) is 0. The van der Waals surface area contributed by atoms with Crippen molar-refractivity contribution in [3.05, 3.63) is 70.1 Å². The van der Waals surface area contributed by atoms with Gasteiger partial charge >= 0.3 is 5.69 Å². The Morgan fingerprint density at radius 2 is 1.59 bits per heavy atom. The number of nitrogens with one attached hydrogen (secondary N) is 1. The molecule has 0 saturated carbocycles. The number of phenolic OH excluding ortho intramolecular Hbond substituents is 1. The molecule has 0 unspecified atom stereocenters. The summed E-state index contributed by atoms with van der Waals surface area (Å²) in [5.41, 5.74) is 1.50. The van der Waals surface area contributed by atoms with Crippen LogP contribution in [0.5, 0.6) is 5.75 Å². The second-order valence-electron chi connectivity index (χ2n) is 5.03. The van der Waals surface area contributed by atoms with Crippen LogP contribution in [0.3, 0.4) is 0 Å². The van der Waals surface area contributed by atoms with E-state index in [1.165, 1.54) is 4.57 Å². The van der Waals surface area contributed by atoms with Crippen molar-refractivity contribution in [1.82, 2.24) is 9.55 Å². The summed E-state index contributed by atoms with van der Waals surface area (Å²) < 4.78 is 1.48. The predicted molar refractivity (Wildman–Crippen MR) is 88.1 cm³/mol. The van der Waals surface area contributed by atoms with Gasteiger partial charge in [0.25, 0.3) is 0 Å². The Balaban J connectivity index is 2.26. The third kappa shape index (κ3) is 1.68. The Morgan fingerprint density at radius 3 is 2.32 bits per heavy atom. The number of imidazole rings is 1. The average Bonchev–Trinajstić information content (AvgIpc) is 2.91. The lowest BCUT2D eigenvalue weighted by molar-refractivity contribution is 0.482. The highest BCUT2D eigenvalue weighted by molar-refractivity contribution is 6.39. The van der Waals surface area contributed by atoms with Crippen molar-refractivity contribution in [3.8, 4) is 11.4 Å². The SMILES string of the molecule is O=c1[nH]c2c3ccccc3c(O)c(Cl)c2n1-c1ccccc1. The van der Waals surface area contributed by atoms with Crippen molar-refractivity contribution in [2.45, 2.75) is 0 Å². The highest BCUT2D eigenvalue weighted by Crippen LogP contribution is 2.39. The molecule has 4 nitrogen and oxygen atoms in total. The summed E-state index contributed by atoms with van der Waals surface area (Å²) in [6.45, 7) is 0. The standard InChI is InChI=1S/C17H11ClN2O2/c18-13-15-14(11-8-4-5-9-12(11)16(13)21)19-17(22)20(15)10-6-2-1-3-7-10/h1-9,21H,(H,19,22). The van der Waals surface area contributed by atoms with Gasteiger partial charge in [-0.2, -0.15) is 0 Å². The number of aromatic hydroxyl groups is 1. The minimum Gasteiger partial charge on any atom is -0.506 e. The van der Waals surface area contributed by atoms with Crippen LogP contribution in [0.1, 0.15) is 0 Å². The molecule has 0 spiro atoms. The molecular formula is C17H11ClN2O2. The fourth-order valence-corrected chi connectivity index (χ4v) is 3.08. The number of nitrogens with zero attached hydrogens (tertiary/aromatic N) is 1. The summed E-state index contributed by atoms with van der Waals surface area (Å²) in [4.78, 5) is 15.3. The van der Waals surface area contributed by atoms with Crippen LogP contribution in [-0.4, -0.2) is 14.7 Å². The van der Waals surface area contributed by atoms with Crippen LogP contribution in [0.4, 0.5) is 0 Å². The van der Waals surface area contributed by atoms with Crippen molar-refractivity contribution in [2.24, 2.45) is 0 Å². The quantitative estimate of drug-likeness (QED) is 0.561. The minimum absolute atomic E-state index is 0.0200. The maximum absolute atomic E-state index is 12.4. The van der Waals surface area contributed by atoms with Gasteiger partial charge in [-0.3, -0.25) is 4.57 Å². The lowest BCUT2D eigenvalue weighted by Crippen LogP contribution is -2.14. The van der Waals surface area contributed by atoms with E-state index in [2.05, 4.69) is 4.98 Å². The first kappa shape index (κ1) is 13.0. The first-order valence-electron chi connectivity index (χ1n) is 6.78. The van der Waals surface area contributed by atoms with E-state index in [4.69, 9.17) is 11.6 Å². The second kappa shape index (κ2) is 4.64. The summed E-state index contributed by atoms with van der Waals surface area (Å²) in [7, 11) is 0. The molecule has 3 aromatic carbocycles. The average molecular weight is 311 g/mol. The van der Waals surface area contributed by atoms with Crippen LogP contribution < -0.4 is 5.69 Å². The maximum Gasteiger partial charge on any atom is 0.331 e. The highest BCUT2D eigenvalue weighted by atomic mass is 35.5. The predicted octanol–water partition coefficient (Wildman–Crippen LogP) is 3.83. The molecule has 0 aliphatic heterocycles. The number of benzene rings is 3. The summed E-state index contributed by atoms with van der Waals surface area (Å²) in [6, 6.07) is 16.5. The van der Waals surface area contributed by atoms with E-state index in [0.29, 0.717) is 22.1 Å². The molecule has 4 rings (SSSR count). The van der Waals surface area contributed by atoms with Crippen LogP contribution in [-0.2, 0) is 0 Å². The van der Waals surface area contributed by atoms with E-state index >= 15 is 0 Å². The minimum atomic E-state index is -0.293. The van der Waals surface area contributed by atoms with Gasteiger partial charge in [0.1, 0.15) is 10.8 Å². The number of aromatic nitrogens is 2.